The molecule has 0 aliphatic carbocycles. The standard InChI is InChI=1S/C17H21FN4O3/c1-11(2)19-17(23)22-8-7-12(9-22)16-20-15(25-21-16)10-24-14-5-3-13(18)4-6-14/h3-6,11-12H,7-10H2,1-2H3,(H,19,23). The van der Waals surface area contributed by atoms with Crippen molar-refractivity contribution in [1.29, 1.82) is 0 Å². The van der Waals surface area contributed by atoms with E-state index < -0.39 is 0 Å². The highest BCUT2D eigenvalue weighted by molar-refractivity contribution is 5.74. The van der Waals surface area contributed by atoms with Crippen molar-refractivity contribution in [2.75, 3.05) is 13.1 Å². The molecule has 0 bridgehead atoms. The molecule has 8 heteroatoms. The summed E-state index contributed by atoms with van der Waals surface area (Å²) in [4.78, 5) is 18.1. The predicted octanol–water partition coefficient (Wildman–Crippen LogP) is 2.70. The molecule has 1 unspecified atom stereocenters. The summed E-state index contributed by atoms with van der Waals surface area (Å²) >= 11 is 0. The van der Waals surface area contributed by atoms with Crippen LogP contribution in [0.25, 0.3) is 0 Å². The summed E-state index contributed by atoms with van der Waals surface area (Å²) in [6.07, 6.45) is 0.795. The van der Waals surface area contributed by atoms with Crippen LogP contribution in [0.2, 0.25) is 0 Å². The van der Waals surface area contributed by atoms with E-state index in [9.17, 15) is 9.18 Å². The Kier molecular flexibility index (Phi) is 5.16. The molecule has 1 saturated heterocycles. The molecule has 1 aliphatic rings. The van der Waals surface area contributed by atoms with Crippen molar-refractivity contribution in [1.82, 2.24) is 20.4 Å². The zero-order valence-corrected chi connectivity index (χ0v) is 14.2. The van der Waals surface area contributed by atoms with Crippen LogP contribution in [0, 0.1) is 5.82 Å². The fourth-order valence-electron chi connectivity index (χ4n) is 2.66. The van der Waals surface area contributed by atoms with Crippen molar-refractivity contribution >= 4 is 6.03 Å². The maximum absolute atomic E-state index is 12.9. The lowest BCUT2D eigenvalue weighted by Gasteiger charge is -2.18. The Bertz CT molecular complexity index is 717. The molecule has 2 amide bonds. The number of nitrogens with zero attached hydrogens (tertiary/aromatic N) is 3. The Hall–Kier alpha value is -2.64. The highest BCUT2D eigenvalue weighted by atomic mass is 19.1. The molecule has 0 radical (unpaired) electrons. The topological polar surface area (TPSA) is 80.5 Å². The lowest BCUT2D eigenvalue weighted by atomic mass is 10.1. The summed E-state index contributed by atoms with van der Waals surface area (Å²) in [7, 11) is 0. The van der Waals surface area contributed by atoms with Gasteiger partial charge in [0.2, 0.25) is 0 Å². The van der Waals surface area contributed by atoms with E-state index in [2.05, 4.69) is 15.5 Å². The minimum Gasteiger partial charge on any atom is -0.484 e. The lowest BCUT2D eigenvalue weighted by Crippen LogP contribution is -2.41. The van der Waals surface area contributed by atoms with Crippen molar-refractivity contribution in [3.05, 3.63) is 41.8 Å². The van der Waals surface area contributed by atoms with E-state index in [1.807, 2.05) is 13.8 Å². The molecule has 1 aliphatic heterocycles. The number of rotatable bonds is 5. The Balaban J connectivity index is 1.53. The van der Waals surface area contributed by atoms with E-state index >= 15 is 0 Å². The molecule has 1 aromatic heterocycles. The molecule has 3 rings (SSSR count). The number of carbonyl (C=O) groups excluding carboxylic acids is 1. The first-order valence-corrected chi connectivity index (χ1v) is 8.27. The number of likely N-dealkylation sites (tertiary alicyclic amines) is 1. The molecule has 1 atom stereocenters. The second kappa shape index (κ2) is 7.50. The molecule has 1 N–H and O–H groups in total. The van der Waals surface area contributed by atoms with Crippen molar-refractivity contribution in [3.8, 4) is 5.75 Å². The van der Waals surface area contributed by atoms with Gasteiger partial charge in [0.05, 0.1) is 0 Å². The molecule has 1 aromatic carbocycles. The zero-order valence-electron chi connectivity index (χ0n) is 14.2. The maximum atomic E-state index is 12.9. The van der Waals surface area contributed by atoms with Gasteiger partial charge in [0.25, 0.3) is 5.89 Å². The van der Waals surface area contributed by atoms with Gasteiger partial charge in [-0.3, -0.25) is 0 Å². The van der Waals surface area contributed by atoms with Crippen LogP contribution in [0.4, 0.5) is 9.18 Å². The predicted molar refractivity (Wildman–Crippen MR) is 87.6 cm³/mol. The molecule has 0 saturated carbocycles. The molecule has 2 aromatic rings. The van der Waals surface area contributed by atoms with Gasteiger partial charge in [-0.05, 0) is 44.5 Å². The lowest BCUT2D eigenvalue weighted by molar-refractivity contribution is 0.205. The van der Waals surface area contributed by atoms with Crippen molar-refractivity contribution in [2.45, 2.75) is 38.8 Å². The minimum absolute atomic E-state index is 0.0567. The Morgan fingerprint density at radius 3 is 2.92 bits per heavy atom. The summed E-state index contributed by atoms with van der Waals surface area (Å²) in [5, 5.41) is 6.88. The summed E-state index contributed by atoms with van der Waals surface area (Å²) in [6.45, 7) is 5.20. The first-order valence-electron chi connectivity index (χ1n) is 8.27. The van der Waals surface area contributed by atoms with Gasteiger partial charge in [0, 0.05) is 25.0 Å². The van der Waals surface area contributed by atoms with Crippen LogP contribution < -0.4 is 10.1 Å². The SMILES string of the molecule is CC(C)NC(=O)N1CCC(c2noc(COc3ccc(F)cc3)n2)C1. The van der Waals surface area contributed by atoms with Crippen LogP contribution in [0.5, 0.6) is 5.75 Å². The van der Waals surface area contributed by atoms with Crippen molar-refractivity contribution in [2.24, 2.45) is 0 Å². The average Bonchev–Trinajstić information content (AvgIpc) is 3.23. The summed E-state index contributed by atoms with van der Waals surface area (Å²) in [6, 6.07) is 5.75. The molecule has 7 nitrogen and oxygen atoms in total. The number of carbonyl (C=O) groups is 1. The van der Waals surface area contributed by atoms with Crippen LogP contribution in [0.1, 0.15) is 37.9 Å². The number of nitrogens with one attached hydrogen (secondary N) is 1. The number of hydrogen-bond donors (Lipinski definition) is 1. The third kappa shape index (κ3) is 4.46. The number of amides is 2. The molecular weight excluding hydrogens is 327 g/mol. The monoisotopic (exact) mass is 348 g/mol. The Labute approximate surface area is 145 Å². The number of ether oxygens (including phenoxy) is 1. The molecule has 1 fully saturated rings. The van der Waals surface area contributed by atoms with E-state index in [0.717, 1.165) is 6.42 Å². The molecule has 25 heavy (non-hydrogen) atoms. The van der Waals surface area contributed by atoms with Crippen LogP contribution >= 0.6 is 0 Å². The first-order chi connectivity index (χ1) is 12.0. The summed E-state index contributed by atoms with van der Waals surface area (Å²) in [5.74, 6) is 1.20. The smallest absolute Gasteiger partial charge is 0.317 e. The Morgan fingerprint density at radius 1 is 1.44 bits per heavy atom. The largest absolute Gasteiger partial charge is 0.484 e. The normalized spacial score (nSPS) is 17.1. The Morgan fingerprint density at radius 2 is 2.20 bits per heavy atom. The van der Waals surface area contributed by atoms with E-state index in [-0.39, 0.29) is 30.4 Å². The van der Waals surface area contributed by atoms with Gasteiger partial charge in [0.15, 0.2) is 12.4 Å². The van der Waals surface area contributed by atoms with Crippen molar-refractivity contribution in [3.63, 3.8) is 0 Å². The van der Waals surface area contributed by atoms with Gasteiger partial charge in [0.1, 0.15) is 11.6 Å². The highest BCUT2D eigenvalue weighted by Gasteiger charge is 2.30. The van der Waals surface area contributed by atoms with E-state index in [0.29, 0.717) is 30.6 Å². The highest BCUT2D eigenvalue weighted by Crippen LogP contribution is 2.25. The number of aromatic nitrogens is 2. The number of benzene rings is 1. The van der Waals surface area contributed by atoms with Crippen LogP contribution in [0.3, 0.4) is 0 Å². The van der Waals surface area contributed by atoms with Crippen LogP contribution in [-0.4, -0.2) is 40.2 Å². The van der Waals surface area contributed by atoms with Crippen LogP contribution in [-0.2, 0) is 6.61 Å². The maximum Gasteiger partial charge on any atom is 0.317 e. The first kappa shape index (κ1) is 17.2. The molecule has 0 spiro atoms. The quantitative estimate of drug-likeness (QED) is 0.898. The fraction of sp³-hybridized carbons (Fsp3) is 0.471. The fourth-order valence-corrected chi connectivity index (χ4v) is 2.66. The van der Waals surface area contributed by atoms with Crippen LogP contribution in [0.15, 0.2) is 28.8 Å². The molecular formula is C17H21FN4O3. The van der Waals surface area contributed by atoms with E-state index in [1.165, 1.54) is 24.3 Å². The molecule has 2 heterocycles. The van der Waals surface area contributed by atoms with Gasteiger partial charge in [-0.2, -0.15) is 4.98 Å². The third-order valence-electron chi connectivity index (χ3n) is 3.91. The number of halogens is 1. The second-order valence-electron chi connectivity index (χ2n) is 6.32. The van der Waals surface area contributed by atoms with Gasteiger partial charge >= 0.3 is 6.03 Å². The van der Waals surface area contributed by atoms with Gasteiger partial charge in [-0.15, -0.1) is 0 Å². The zero-order chi connectivity index (χ0) is 17.8. The second-order valence-corrected chi connectivity index (χ2v) is 6.32. The summed E-state index contributed by atoms with van der Waals surface area (Å²) in [5.41, 5.74) is 0. The minimum atomic E-state index is -0.320. The number of urea groups is 1. The van der Waals surface area contributed by atoms with Gasteiger partial charge in [-0.1, -0.05) is 5.16 Å². The summed E-state index contributed by atoms with van der Waals surface area (Å²) < 4.78 is 23.5. The average molecular weight is 348 g/mol. The van der Waals surface area contributed by atoms with Crippen molar-refractivity contribution < 1.29 is 18.4 Å². The van der Waals surface area contributed by atoms with Gasteiger partial charge in [-0.25, -0.2) is 9.18 Å². The molecule has 134 valence electrons. The van der Waals surface area contributed by atoms with E-state index in [1.54, 1.807) is 4.90 Å². The number of hydrogen-bond acceptors (Lipinski definition) is 5. The van der Waals surface area contributed by atoms with E-state index in [4.69, 9.17) is 9.26 Å². The third-order valence-corrected chi connectivity index (χ3v) is 3.91. The van der Waals surface area contributed by atoms with Gasteiger partial charge < -0.3 is 19.5 Å².